The topological polar surface area (TPSA) is 12.0 Å². The molecule has 2 heteroatoms. The molecular formula is C19H27NS. The monoisotopic (exact) mass is 301 g/mol. The zero-order chi connectivity index (χ0) is 15.5. The Morgan fingerprint density at radius 2 is 1.76 bits per heavy atom. The zero-order valence-corrected chi connectivity index (χ0v) is 14.7. The number of benzene rings is 1. The van der Waals surface area contributed by atoms with Gasteiger partial charge in [-0.15, -0.1) is 0 Å². The van der Waals surface area contributed by atoms with Crippen LogP contribution in [0.15, 0.2) is 35.0 Å². The number of likely N-dealkylation sites (N-methyl/N-ethyl adjacent to an activating group) is 1. The average molecular weight is 301 g/mol. The average Bonchev–Trinajstić information content (AvgIpc) is 2.84. The summed E-state index contributed by atoms with van der Waals surface area (Å²) in [6.45, 7) is 12.2. The number of rotatable bonds is 5. The van der Waals surface area contributed by atoms with E-state index >= 15 is 0 Å². The molecule has 1 unspecified atom stereocenters. The third kappa shape index (κ3) is 4.18. The molecule has 0 radical (unpaired) electrons. The van der Waals surface area contributed by atoms with Crippen LogP contribution < -0.4 is 5.32 Å². The van der Waals surface area contributed by atoms with E-state index < -0.39 is 0 Å². The highest BCUT2D eigenvalue weighted by Gasteiger charge is 2.16. The molecule has 0 saturated heterocycles. The smallest absolute Gasteiger partial charge is 0.0371 e. The molecule has 1 atom stereocenters. The Morgan fingerprint density at radius 3 is 2.24 bits per heavy atom. The highest BCUT2D eigenvalue weighted by atomic mass is 32.1. The second-order valence-corrected chi connectivity index (χ2v) is 7.52. The fourth-order valence-corrected chi connectivity index (χ4v) is 3.55. The second-order valence-electron chi connectivity index (χ2n) is 6.77. The van der Waals surface area contributed by atoms with Crippen LogP contribution in [-0.4, -0.2) is 6.54 Å². The van der Waals surface area contributed by atoms with Crippen molar-refractivity contribution in [3.63, 3.8) is 0 Å². The molecule has 0 aliphatic rings. The molecule has 0 amide bonds. The molecule has 2 aromatic rings. The molecule has 1 aromatic heterocycles. The first-order valence-corrected chi connectivity index (χ1v) is 8.71. The lowest BCUT2D eigenvalue weighted by molar-refractivity contribution is 0.548. The summed E-state index contributed by atoms with van der Waals surface area (Å²) in [5, 5.41) is 8.15. The van der Waals surface area contributed by atoms with Crippen LogP contribution in [-0.2, 0) is 11.8 Å². The molecular weight excluding hydrogens is 274 g/mol. The van der Waals surface area contributed by atoms with Crippen LogP contribution in [0.4, 0.5) is 0 Å². The first kappa shape index (κ1) is 16.3. The molecule has 21 heavy (non-hydrogen) atoms. The van der Waals surface area contributed by atoms with E-state index in [2.05, 4.69) is 75.0 Å². The van der Waals surface area contributed by atoms with Crippen molar-refractivity contribution in [2.45, 2.75) is 52.5 Å². The van der Waals surface area contributed by atoms with Crippen molar-refractivity contribution in [2.75, 3.05) is 6.54 Å². The minimum absolute atomic E-state index is 0.226. The third-order valence-electron chi connectivity index (χ3n) is 3.98. The lowest BCUT2D eigenvalue weighted by Gasteiger charge is -2.21. The van der Waals surface area contributed by atoms with E-state index in [1.807, 2.05) is 0 Å². The van der Waals surface area contributed by atoms with Crippen LogP contribution in [0.1, 0.15) is 56.0 Å². The van der Waals surface area contributed by atoms with Gasteiger partial charge in [0.1, 0.15) is 0 Å². The van der Waals surface area contributed by atoms with Crippen LogP contribution in [0.25, 0.3) is 0 Å². The number of aryl methyl sites for hydroxylation is 1. The maximum absolute atomic E-state index is 3.63. The predicted molar refractivity (Wildman–Crippen MR) is 94.3 cm³/mol. The SMILES string of the molecule is CCNC(Cc1ccc(C(C)(C)C)cc1)c1cscc1C. The summed E-state index contributed by atoms with van der Waals surface area (Å²) in [5.41, 5.74) is 5.88. The van der Waals surface area contributed by atoms with Gasteiger partial charge in [0.05, 0.1) is 0 Å². The Balaban J connectivity index is 2.16. The molecule has 0 fully saturated rings. The van der Waals surface area contributed by atoms with Crippen molar-refractivity contribution in [1.82, 2.24) is 5.32 Å². The summed E-state index contributed by atoms with van der Waals surface area (Å²) in [6, 6.07) is 9.54. The molecule has 0 saturated carbocycles. The van der Waals surface area contributed by atoms with Crippen molar-refractivity contribution in [1.29, 1.82) is 0 Å². The van der Waals surface area contributed by atoms with E-state index in [1.54, 1.807) is 11.3 Å². The van der Waals surface area contributed by atoms with E-state index in [-0.39, 0.29) is 5.41 Å². The summed E-state index contributed by atoms with van der Waals surface area (Å²) in [6.07, 6.45) is 1.05. The van der Waals surface area contributed by atoms with E-state index in [0.717, 1.165) is 13.0 Å². The van der Waals surface area contributed by atoms with Gasteiger partial charge in [0.25, 0.3) is 0 Å². The van der Waals surface area contributed by atoms with E-state index in [9.17, 15) is 0 Å². The van der Waals surface area contributed by atoms with E-state index in [4.69, 9.17) is 0 Å². The summed E-state index contributed by atoms with van der Waals surface area (Å²) >= 11 is 1.80. The zero-order valence-electron chi connectivity index (χ0n) is 13.9. The van der Waals surface area contributed by atoms with Gasteiger partial charge >= 0.3 is 0 Å². The number of hydrogen-bond acceptors (Lipinski definition) is 2. The van der Waals surface area contributed by atoms with Crippen molar-refractivity contribution >= 4 is 11.3 Å². The first-order valence-electron chi connectivity index (χ1n) is 7.77. The fourth-order valence-electron chi connectivity index (χ4n) is 2.64. The Morgan fingerprint density at radius 1 is 1.10 bits per heavy atom. The van der Waals surface area contributed by atoms with Gasteiger partial charge in [-0.1, -0.05) is 52.0 Å². The van der Waals surface area contributed by atoms with Crippen molar-refractivity contribution in [3.8, 4) is 0 Å². The normalized spacial score (nSPS) is 13.4. The van der Waals surface area contributed by atoms with Gasteiger partial charge in [-0.2, -0.15) is 11.3 Å². The Labute approximate surface area is 133 Å². The second kappa shape index (κ2) is 6.76. The van der Waals surface area contributed by atoms with Crippen LogP contribution in [0.2, 0.25) is 0 Å². The summed E-state index contributed by atoms with van der Waals surface area (Å²) in [4.78, 5) is 0. The van der Waals surface area contributed by atoms with Crippen LogP contribution in [0.5, 0.6) is 0 Å². The molecule has 0 aliphatic carbocycles. The maximum Gasteiger partial charge on any atom is 0.0371 e. The van der Waals surface area contributed by atoms with Gasteiger partial charge < -0.3 is 5.32 Å². The Hall–Kier alpha value is -1.12. The number of thiophene rings is 1. The summed E-state index contributed by atoms with van der Waals surface area (Å²) in [7, 11) is 0. The predicted octanol–water partition coefficient (Wildman–Crippen LogP) is 5.25. The molecule has 1 N–H and O–H groups in total. The molecule has 0 bridgehead atoms. The summed E-state index contributed by atoms with van der Waals surface area (Å²) < 4.78 is 0. The highest BCUT2D eigenvalue weighted by Crippen LogP contribution is 2.27. The number of nitrogens with one attached hydrogen (secondary N) is 1. The minimum atomic E-state index is 0.226. The van der Waals surface area contributed by atoms with Gasteiger partial charge in [0, 0.05) is 6.04 Å². The molecule has 1 heterocycles. The van der Waals surface area contributed by atoms with E-state index in [1.165, 1.54) is 22.3 Å². The van der Waals surface area contributed by atoms with Crippen LogP contribution in [0.3, 0.4) is 0 Å². The highest BCUT2D eigenvalue weighted by molar-refractivity contribution is 7.08. The van der Waals surface area contributed by atoms with Gasteiger partial charge in [-0.25, -0.2) is 0 Å². The Kier molecular flexibility index (Phi) is 5.23. The molecule has 114 valence electrons. The van der Waals surface area contributed by atoms with Crippen LogP contribution in [0, 0.1) is 6.92 Å². The Bertz CT molecular complexity index is 560. The van der Waals surface area contributed by atoms with Gasteiger partial charge in [-0.05, 0) is 58.3 Å². The number of hydrogen-bond donors (Lipinski definition) is 1. The van der Waals surface area contributed by atoms with Crippen molar-refractivity contribution in [3.05, 3.63) is 57.3 Å². The van der Waals surface area contributed by atoms with E-state index in [0.29, 0.717) is 6.04 Å². The van der Waals surface area contributed by atoms with Gasteiger partial charge in [0.2, 0.25) is 0 Å². The largest absolute Gasteiger partial charge is 0.310 e. The van der Waals surface area contributed by atoms with Crippen LogP contribution >= 0.6 is 11.3 Å². The maximum atomic E-state index is 3.63. The third-order valence-corrected chi connectivity index (χ3v) is 4.86. The first-order chi connectivity index (χ1) is 9.91. The molecule has 0 aliphatic heterocycles. The molecule has 2 rings (SSSR count). The van der Waals surface area contributed by atoms with Crippen molar-refractivity contribution in [2.24, 2.45) is 0 Å². The lowest BCUT2D eigenvalue weighted by atomic mass is 9.86. The molecule has 1 aromatic carbocycles. The lowest BCUT2D eigenvalue weighted by Crippen LogP contribution is -2.23. The van der Waals surface area contributed by atoms with Gasteiger partial charge in [-0.3, -0.25) is 0 Å². The fraction of sp³-hybridized carbons (Fsp3) is 0.474. The molecule has 1 nitrogen and oxygen atoms in total. The van der Waals surface area contributed by atoms with Gasteiger partial charge in [0.15, 0.2) is 0 Å². The molecule has 0 spiro atoms. The standard InChI is InChI=1S/C19H27NS/c1-6-20-18(17-13-21-12-14(17)2)11-15-7-9-16(10-8-15)19(3,4)5/h7-10,12-13,18,20H,6,11H2,1-5H3. The quantitative estimate of drug-likeness (QED) is 0.795. The van der Waals surface area contributed by atoms with Crippen molar-refractivity contribution < 1.29 is 0 Å². The summed E-state index contributed by atoms with van der Waals surface area (Å²) in [5.74, 6) is 0. The minimum Gasteiger partial charge on any atom is -0.310 e.